The van der Waals surface area contributed by atoms with Gasteiger partial charge in [0.15, 0.2) is 0 Å². The molecule has 0 saturated carbocycles. The van der Waals surface area contributed by atoms with Crippen molar-refractivity contribution in [3.05, 3.63) is 28.8 Å². The van der Waals surface area contributed by atoms with E-state index >= 15 is 0 Å². The normalized spacial score (nSPS) is 10.9. The second-order valence-corrected chi connectivity index (χ2v) is 3.89. The lowest BCUT2D eigenvalue weighted by atomic mass is 10.2. The summed E-state index contributed by atoms with van der Waals surface area (Å²) in [6.07, 6.45) is -4.49. The van der Waals surface area contributed by atoms with Crippen molar-refractivity contribution < 1.29 is 22.7 Å². The van der Waals surface area contributed by atoms with Gasteiger partial charge in [-0.1, -0.05) is 11.6 Å². The molecule has 0 aromatic heterocycles. The standard InChI is InChI=1S/C11H8ClF3N2O2/c12-8-2-1-7(4-16)9(3-8)17-10(18)5-19-6-11(13,14)15/h1-3H,5-6H2,(H,17,18). The molecule has 4 nitrogen and oxygen atoms in total. The van der Waals surface area contributed by atoms with Crippen molar-refractivity contribution in [3.8, 4) is 6.07 Å². The lowest BCUT2D eigenvalue weighted by Crippen LogP contribution is -2.24. The summed E-state index contributed by atoms with van der Waals surface area (Å²) < 4.78 is 39.5. The smallest absolute Gasteiger partial charge is 0.362 e. The Morgan fingerprint density at radius 2 is 2.16 bits per heavy atom. The maximum Gasteiger partial charge on any atom is 0.411 e. The van der Waals surface area contributed by atoms with Crippen molar-refractivity contribution in [2.45, 2.75) is 6.18 Å². The molecular formula is C11H8ClF3N2O2. The van der Waals surface area contributed by atoms with Gasteiger partial charge < -0.3 is 10.1 Å². The number of ether oxygens (including phenoxy) is 1. The van der Waals surface area contributed by atoms with Crippen LogP contribution in [0.3, 0.4) is 0 Å². The van der Waals surface area contributed by atoms with Crippen LogP contribution < -0.4 is 5.32 Å². The number of nitrogens with zero attached hydrogens (tertiary/aromatic N) is 1. The summed E-state index contributed by atoms with van der Waals surface area (Å²) in [7, 11) is 0. The lowest BCUT2D eigenvalue weighted by molar-refractivity contribution is -0.174. The Hall–Kier alpha value is -1.78. The number of carbonyl (C=O) groups is 1. The summed E-state index contributed by atoms with van der Waals surface area (Å²) in [6.45, 7) is -2.28. The first-order valence-electron chi connectivity index (χ1n) is 4.96. The summed E-state index contributed by atoms with van der Waals surface area (Å²) in [4.78, 5) is 11.3. The summed E-state index contributed by atoms with van der Waals surface area (Å²) in [5.74, 6) is -0.803. The van der Waals surface area contributed by atoms with E-state index in [1.54, 1.807) is 0 Å². The topological polar surface area (TPSA) is 62.1 Å². The van der Waals surface area contributed by atoms with Crippen LogP contribution in [-0.2, 0) is 9.53 Å². The van der Waals surface area contributed by atoms with E-state index < -0.39 is 25.3 Å². The monoisotopic (exact) mass is 292 g/mol. The molecule has 1 N–H and O–H groups in total. The summed E-state index contributed by atoms with van der Waals surface area (Å²) in [6, 6.07) is 5.97. The first-order chi connectivity index (χ1) is 8.81. The third-order valence-corrected chi connectivity index (χ3v) is 2.11. The van der Waals surface area contributed by atoms with Crippen molar-refractivity contribution in [1.82, 2.24) is 0 Å². The molecule has 0 unspecified atom stereocenters. The zero-order valence-electron chi connectivity index (χ0n) is 9.42. The Labute approximate surface area is 111 Å². The SMILES string of the molecule is N#Cc1ccc(Cl)cc1NC(=O)COCC(F)(F)F. The Bertz CT molecular complexity index is 512. The van der Waals surface area contributed by atoms with Gasteiger partial charge in [0.25, 0.3) is 0 Å². The molecule has 1 amide bonds. The molecule has 0 atom stereocenters. The molecule has 0 radical (unpaired) electrons. The first kappa shape index (κ1) is 15.3. The fraction of sp³-hybridized carbons (Fsp3) is 0.273. The van der Waals surface area contributed by atoms with E-state index in [0.717, 1.165) is 0 Å². The molecule has 1 rings (SSSR count). The van der Waals surface area contributed by atoms with E-state index in [2.05, 4.69) is 10.1 Å². The van der Waals surface area contributed by atoms with Gasteiger partial charge in [-0.15, -0.1) is 0 Å². The highest BCUT2D eigenvalue weighted by Gasteiger charge is 2.27. The van der Waals surface area contributed by atoms with Crippen LogP contribution in [0.25, 0.3) is 0 Å². The molecule has 0 aliphatic carbocycles. The highest BCUT2D eigenvalue weighted by Crippen LogP contribution is 2.20. The van der Waals surface area contributed by atoms with Crippen LogP contribution in [-0.4, -0.2) is 25.3 Å². The molecule has 8 heteroatoms. The Morgan fingerprint density at radius 1 is 1.47 bits per heavy atom. The number of nitrogens with one attached hydrogen (secondary N) is 1. The fourth-order valence-electron chi connectivity index (χ4n) is 1.16. The molecule has 0 aliphatic heterocycles. The van der Waals surface area contributed by atoms with Crippen molar-refractivity contribution >= 4 is 23.2 Å². The molecule has 1 aromatic carbocycles. The van der Waals surface area contributed by atoms with E-state index in [1.807, 2.05) is 6.07 Å². The van der Waals surface area contributed by atoms with Gasteiger partial charge >= 0.3 is 6.18 Å². The third-order valence-electron chi connectivity index (χ3n) is 1.88. The molecule has 0 spiro atoms. The van der Waals surface area contributed by atoms with E-state index in [0.29, 0.717) is 0 Å². The Morgan fingerprint density at radius 3 is 2.74 bits per heavy atom. The summed E-state index contributed by atoms with van der Waals surface area (Å²) in [5, 5.41) is 11.3. The van der Waals surface area contributed by atoms with Crippen LogP contribution in [0.4, 0.5) is 18.9 Å². The number of amides is 1. The van der Waals surface area contributed by atoms with Crippen molar-refractivity contribution in [2.24, 2.45) is 0 Å². The van der Waals surface area contributed by atoms with Gasteiger partial charge in [-0.2, -0.15) is 18.4 Å². The number of rotatable bonds is 4. The molecule has 0 heterocycles. The minimum atomic E-state index is -4.49. The fourth-order valence-corrected chi connectivity index (χ4v) is 1.34. The number of hydrogen-bond donors (Lipinski definition) is 1. The minimum absolute atomic E-state index is 0.121. The number of halogens is 4. The first-order valence-corrected chi connectivity index (χ1v) is 5.33. The molecule has 0 fully saturated rings. The average molecular weight is 293 g/mol. The van der Waals surface area contributed by atoms with Gasteiger partial charge in [-0.25, -0.2) is 0 Å². The Balaban J connectivity index is 2.58. The van der Waals surface area contributed by atoms with Crippen LogP contribution >= 0.6 is 11.6 Å². The van der Waals surface area contributed by atoms with Gasteiger partial charge in [0.2, 0.25) is 5.91 Å². The molecule has 0 saturated heterocycles. The second-order valence-electron chi connectivity index (χ2n) is 3.46. The number of nitriles is 1. The lowest BCUT2D eigenvalue weighted by Gasteiger charge is -2.09. The van der Waals surface area contributed by atoms with Gasteiger partial charge in [0.1, 0.15) is 19.3 Å². The van der Waals surface area contributed by atoms with Crippen LogP contribution in [0.2, 0.25) is 5.02 Å². The number of benzene rings is 1. The van der Waals surface area contributed by atoms with Gasteiger partial charge in [0, 0.05) is 5.02 Å². The minimum Gasteiger partial charge on any atom is -0.362 e. The maximum absolute atomic E-state index is 11.8. The third kappa shape index (κ3) is 5.59. The molecular weight excluding hydrogens is 285 g/mol. The van der Waals surface area contributed by atoms with E-state index in [4.69, 9.17) is 16.9 Å². The summed E-state index contributed by atoms with van der Waals surface area (Å²) >= 11 is 5.68. The zero-order chi connectivity index (χ0) is 14.5. The summed E-state index contributed by atoms with van der Waals surface area (Å²) in [5.41, 5.74) is 0.268. The van der Waals surface area contributed by atoms with Gasteiger partial charge in [0.05, 0.1) is 11.3 Å². The molecule has 0 aliphatic rings. The maximum atomic E-state index is 11.8. The average Bonchev–Trinajstić information content (AvgIpc) is 2.27. The number of carbonyl (C=O) groups excluding carboxylic acids is 1. The molecule has 19 heavy (non-hydrogen) atoms. The van der Waals surface area contributed by atoms with E-state index in [9.17, 15) is 18.0 Å². The largest absolute Gasteiger partial charge is 0.411 e. The number of anilines is 1. The predicted molar refractivity (Wildman–Crippen MR) is 61.7 cm³/mol. The highest BCUT2D eigenvalue weighted by atomic mass is 35.5. The molecule has 0 bridgehead atoms. The second kappa shape index (κ2) is 6.41. The van der Waals surface area contributed by atoms with E-state index in [-0.39, 0.29) is 16.3 Å². The van der Waals surface area contributed by atoms with Gasteiger partial charge in [-0.05, 0) is 18.2 Å². The zero-order valence-corrected chi connectivity index (χ0v) is 10.2. The molecule has 1 aromatic rings. The number of alkyl halides is 3. The van der Waals surface area contributed by atoms with Crippen LogP contribution in [0.15, 0.2) is 18.2 Å². The van der Waals surface area contributed by atoms with Gasteiger partial charge in [-0.3, -0.25) is 4.79 Å². The van der Waals surface area contributed by atoms with E-state index in [1.165, 1.54) is 18.2 Å². The predicted octanol–water partition coefficient (Wildman–Crippen LogP) is 2.73. The molecule has 102 valence electrons. The van der Waals surface area contributed by atoms with Crippen molar-refractivity contribution in [2.75, 3.05) is 18.5 Å². The van der Waals surface area contributed by atoms with Crippen LogP contribution in [0, 0.1) is 11.3 Å². The van der Waals surface area contributed by atoms with Crippen molar-refractivity contribution in [1.29, 1.82) is 5.26 Å². The van der Waals surface area contributed by atoms with Crippen LogP contribution in [0.5, 0.6) is 0 Å². The Kier molecular flexibility index (Phi) is 5.15. The highest BCUT2D eigenvalue weighted by molar-refractivity contribution is 6.31. The quantitative estimate of drug-likeness (QED) is 0.928. The van der Waals surface area contributed by atoms with Crippen molar-refractivity contribution in [3.63, 3.8) is 0 Å². The van der Waals surface area contributed by atoms with Crippen LogP contribution in [0.1, 0.15) is 5.56 Å². The number of hydrogen-bond acceptors (Lipinski definition) is 3.